The molecule has 262 valence electrons. The molecular weight excluding hydrogens is 600 g/mol. The molecule has 13 atom stereocenters. The maximum absolute atomic E-state index is 12.5. The molecule has 4 aliphatic carbocycles. The zero-order valence-corrected chi connectivity index (χ0v) is 28.9. The van der Waals surface area contributed by atoms with Crippen LogP contribution in [-0.4, -0.2) is 62.9 Å². The van der Waals surface area contributed by atoms with Gasteiger partial charge in [-0.2, -0.15) is 0 Å². The van der Waals surface area contributed by atoms with Crippen molar-refractivity contribution in [2.45, 2.75) is 142 Å². The minimum absolute atomic E-state index is 0.0396. The number of aliphatic hydroxyl groups excluding tert-OH is 2. The number of esters is 1. The van der Waals surface area contributed by atoms with Crippen LogP contribution in [0.4, 0.5) is 0 Å². The van der Waals surface area contributed by atoms with Gasteiger partial charge in [0.05, 0.1) is 12.7 Å². The number of hydrogen-bond donors (Lipinski definition) is 3. The van der Waals surface area contributed by atoms with E-state index in [-0.39, 0.29) is 23.6 Å². The minimum Gasteiger partial charge on any atom is -0.462 e. The molecule has 8 unspecified atom stereocenters. The Morgan fingerprint density at radius 1 is 1.13 bits per heavy atom. The van der Waals surface area contributed by atoms with Crippen molar-refractivity contribution in [1.82, 2.24) is 9.55 Å². The molecule has 3 saturated carbocycles. The molecule has 1 saturated heterocycles. The first kappa shape index (κ1) is 34.6. The fraction of sp³-hybridized carbons (Fsp3) is 0.811. The first-order chi connectivity index (χ1) is 22.4. The van der Waals surface area contributed by atoms with Gasteiger partial charge in [0.2, 0.25) is 0 Å². The van der Waals surface area contributed by atoms with E-state index in [1.807, 2.05) is 6.92 Å². The molecule has 5 aliphatic rings. The van der Waals surface area contributed by atoms with Crippen LogP contribution in [0, 0.1) is 40.4 Å². The zero-order valence-electron chi connectivity index (χ0n) is 28.9. The molecular formula is C37H56N2O8. The average molecular weight is 657 g/mol. The van der Waals surface area contributed by atoms with E-state index in [1.165, 1.54) is 55.9 Å². The fourth-order valence-corrected chi connectivity index (χ4v) is 11.1. The number of carbonyl (C=O) groups excluding carboxylic acids is 1. The third-order valence-corrected chi connectivity index (χ3v) is 13.4. The number of nitrogens with one attached hydrogen (secondary N) is 1. The normalized spacial score (nSPS) is 40.9. The van der Waals surface area contributed by atoms with Crippen LogP contribution in [0.5, 0.6) is 0 Å². The number of nitrogens with zero attached hydrogens (tertiary/aromatic N) is 1. The number of ether oxygens (including phenoxy) is 3. The number of carbonyl (C=O) groups is 1. The van der Waals surface area contributed by atoms with Gasteiger partial charge in [-0.15, -0.1) is 0 Å². The first-order valence-corrected chi connectivity index (χ1v) is 18.1. The van der Waals surface area contributed by atoms with Gasteiger partial charge < -0.3 is 24.4 Å². The van der Waals surface area contributed by atoms with E-state index >= 15 is 0 Å². The van der Waals surface area contributed by atoms with Gasteiger partial charge in [0.15, 0.2) is 6.23 Å². The highest BCUT2D eigenvalue weighted by Crippen LogP contribution is 2.67. The largest absolute Gasteiger partial charge is 0.462 e. The Morgan fingerprint density at radius 3 is 2.64 bits per heavy atom. The van der Waals surface area contributed by atoms with Crippen molar-refractivity contribution in [1.29, 1.82) is 0 Å². The van der Waals surface area contributed by atoms with E-state index in [0.29, 0.717) is 17.3 Å². The van der Waals surface area contributed by atoms with Crippen molar-refractivity contribution in [2.75, 3.05) is 6.61 Å². The Hall–Kier alpha value is -2.27. The zero-order chi connectivity index (χ0) is 33.7. The van der Waals surface area contributed by atoms with Crippen LogP contribution in [0.2, 0.25) is 0 Å². The number of fused-ring (bicyclic) bond motifs is 5. The lowest BCUT2D eigenvalue weighted by molar-refractivity contribution is -0.148. The van der Waals surface area contributed by atoms with Gasteiger partial charge in [-0.1, -0.05) is 45.3 Å². The fourth-order valence-electron chi connectivity index (χ4n) is 11.1. The van der Waals surface area contributed by atoms with Crippen LogP contribution in [0.1, 0.15) is 111 Å². The lowest BCUT2D eigenvalue weighted by atomic mass is 9.47. The SMILES string of the molecule is CC(=O)O[C@@H]1CCC2(C)C(=CCC3C2CCC2(C)C(C(C)CCCC(C)O[C@H]4[C@@H](O)[C@@H](CO)O[C@H]4n4ccc(=O)[nH]c4=O)CCC32)C1. The summed E-state index contributed by atoms with van der Waals surface area (Å²) < 4.78 is 18.9. The molecule has 6 rings (SSSR count). The lowest BCUT2D eigenvalue weighted by Crippen LogP contribution is -2.51. The topological polar surface area (TPSA) is 140 Å². The summed E-state index contributed by atoms with van der Waals surface area (Å²) in [5, 5.41) is 20.6. The van der Waals surface area contributed by atoms with Crippen molar-refractivity contribution < 1.29 is 29.2 Å². The van der Waals surface area contributed by atoms with Crippen molar-refractivity contribution in [2.24, 2.45) is 40.4 Å². The van der Waals surface area contributed by atoms with E-state index in [9.17, 15) is 24.6 Å². The van der Waals surface area contributed by atoms with Crippen molar-refractivity contribution in [3.63, 3.8) is 0 Å². The van der Waals surface area contributed by atoms with E-state index in [2.05, 4.69) is 31.8 Å². The molecule has 47 heavy (non-hydrogen) atoms. The second-order valence-electron chi connectivity index (χ2n) is 16.0. The second kappa shape index (κ2) is 13.6. The Labute approximate surface area is 278 Å². The molecule has 3 N–H and O–H groups in total. The summed E-state index contributed by atoms with van der Waals surface area (Å²) in [6, 6.07) is 1.23. The van der Waals surface area contributed by atoms with E-state index in [1.54, 1.807) is 5.57 Å². The maximum Gasteiger partial charge on any atom is 0.330 e. The van der Waals surface area contributed by atoms with Crippen molar-refractivity contribution in [3.8, 4) is 0 Å². The third kappa shape index (κ3) is 6.44. The maximum atomic E-state index is 12.5. The number of allylic oxidation sites excluding steroid dienone is 1. The quantitative estimate of drug-likeness (QED) is 0.239. The molecule has 0 spiro atoms. The summed E-state index contributed by atoms with van der Waals surface area (Å²) in [6.07, 6.45) is 12.2. The van der Waals surface area contributed by atoms with Crippen LogP contribution in [0.25, 0.3) is 0 Å². The molecule has 10 heteroatoms. The van der Waals surface area contributed by atoms with Gasteiger partial charge in [0.25, 0.3) is 5.56 Å². The third-order valence-electron chi connectivity index (χ3n) is 13.4. The van der Waals surface area contributed by atoms with E-state index in [0.717, 1.165) is 56.3 Å². The van der Waals surface area contributed by atoms with Crippen molar-refractivity contribution >= 4 is 5.97 Å². The lowest BCUT2D eigenvalue weighted by Gasteiger charge is -2.58. The van der Waals surface area contributed by atoms with Gasteiger partial charge in [-0.25, -0.2) is 4.79 Å². The van der Waals surface area contributed by atoms with Crippen LogP contribution in [-0.2, 0) is 19.0 Å². The average Bonchev–Trinajstić information content (AvgIpc) is 3.53. The van der Waals surface area contributed by atoms with E-state index in [4.69, 9.17) is 14.2 Å². The monoisotopic (exact) mass is 656 g/mol. The molecule has 2 heterocycles. The number of hydrogen-bond acceptors (Lipinski definition) is 8. The van der Waals surface area contributed by atoms with Gasteiger partial charge in [-0.3, -0.25) is 19.1 Å². The Balaban J connectivity index is 1.04. The smallest absolute Gasteiger partial charge is 0.330 e. The molecule has 1 aliphatic heterocycles. The molecule has 0 aromatic carbocycles. The first-order valence-electron chi connectivity index (χ1n) is 18.1. The highest BCUT2D eigenvalue weighted by molar-refractivity contribution is 5.66. The molecule has 0 amide bonds. The van der Waals surface area contributed by atoms with Gasteiger partial charge in [0.1, 0.15) is 24.4 Å². The number of rotatable bonds is 10. The highest BCUT2D eigenvalue weighted by Gasteiger charge is 2.59. The van der Waals surface area contributed by atoms with Gasteiger partial charge in [-0.05, 0) is 98.7 Å². The molecule has 0 bridgehead atoms. The number of aliphatic hydroxyl groups is 2. The standard InChI is InChI=1S/C37H56N2O8/c1-21(7-6-8-22(2)45-33-32(43)30(20-40)47-34(33)39-18-15-31(42)38-35(39)44)27-11-12-28-26-10-9-24-19-25(46-23(3)41)13-16-36(24,4)29(26)14-17-37(27,28)5/h9,15,18,21-22,25-30,32-34,40,43H,6-8,10-14,16-17,19-20H2,1-5H3,(H,38,42,44)/t21?,22?,25-,26?,27?,28?,29?,30-,32+,33+,34-,36?,37?/m1/s1. The van der Waals surface area contributed by atoms with Crippen LogP contribution >= 0.6 is 0 Å². The summed E-state index contributed by atoms with van der Waals surface area (Å²) in [5.41, 5.74) is 0.977. The molecule has 4 fully saturated rings. The summed E-state index contributed by atoms with van der Waals surface area (Å²) in [7, 11) is 0. The van der Waals surface area contributed by atoms with E-state index < -0.39 is 42.4 Å². The van der Waals surface area contributed by atoms with Crippen molar-refractivity contribution in [3.05, 3.63) is 44.8 Å². The Morgan fingerprint density at radius 2 is 1.91 bits per heavy atom. The molecule has 0 radical (unpaired) electrons. The minimum atomic E-state index is -1.10. The summed E-state index contributed by atoms with van der Waals surface area (Å²) in [6.45, 7) is 10.6. The summed E-state index contributed by atoms with van der Waals surface area (Å²) in [5.74, 6) is 3.36. The highest BCUT2D eigenvalue weighted by atomic mass is 16.6. The van der Waals surface area contributed by atoms with Crippen LogP contribution in [0.3, 0.4) is 0 Å². The molecule has 10 nitrogen and oxygen atoms in total. The van der Waals surface area contributed by atoms with Gasteiger partial charge >= 0.3 is 11.7 Å². The predicted molar refractivity (Wildman–Crippen MR) is 176 cm³/mol. The Kier molecular flexibility index (Phi) is 9.98. The van der Waals surface area contributed by atoms with Gasteiger partial charge in [0, 0.05) is 25.6 Å². The predicted octanol–water partition coefficient (Wildman–Crippen LogP) is 4.88. The van der Waals surface area contributed by atoms with Crippen LogP contribution in [0.15, 0.2) is 33.5 Å². The number of aromatic amines is 1. The van der Waals surface area contributed by atoms with Crippen LogP contribution < -0.4 is 11.2 Å². The number of aromatic nitrogens is 2. The second-order valence-corrected chi connectivity index (χ2v) is 16.0. The number of H-pyrrole nitrogens is 1. The molecule has 1 aromatic rings. The Bertz CT molecular complexity index is 1440. The summed E-state index contributed by atoms with van der Waals surface area (Å²) in [4.78, 5) is 37.9. The molecule has 1 aromatic heterocycles. The summed E-state index contributed by atoms with van der Waals surface area (Å²) >= 11 is 0.